The lowest BCUT2D eigenvalue weighted by molar-refractivity contribution is -0.122. The molecule has 0 aliphatic carbocycles. The number of amides is 2. The molecule has 0 aromatic heterocycles. The molecule has 0 radical (unpaired) electrons. The van der Waals surface area contributed by atoms with Crippen LogP contribution >= 0.6 is 12.4 Å². The van der Waals surface area contributed by atoms with E-state index in [1.165, 1.54) is 7.11 Å². The number of ether oxygens (including phenoxy) is 1. The molecule has 7 heteroatoms. The fourth-order valence-corrected chi connectivity index (χ4v) is 1.60. The van der Waals surface area contributed by atoms with Gasteiger partial charge in [0, 0.05) is 12.8 Å². The van der Waals surface area contributed by atoms with E-state index < -0.39 is 17.4 Å². The van der Waals surface area contributed by atoms with Crippen LogP contribution in [0.1, 0.15) is 19.4 Å². The number of hydrogen-bond acceptors (Lipinski definition) is 4. The minimum Gasteiger partial charge on any atom is -0.383 e. The van der Waals surface area contributed by atoms with Gasteiger partial charge in [-0.1, -0.05) is 12.1 Å². The van der Waals surface area contributed by atoms with E-state index in [1.807, 2.05) is 0 Å². The van der Waals surface area contributed by atoms with Crippen molar-refractivity contribution in [2.24, 2.45) is 11.5 Å². The maximum absolute atomic E-state index is 11.7. The van der Waals surface area contributed by atoms with Gasteiger partial charge in [0.15, 0.2) is 0 Å². The Bertz CT molecular complexity index is 489. The summed E-state index contributed by atoms with van der Waals surface area (Å²) in [7, 11) is 1.48. The van der Waals surface area contributed by atoms with Gasteiger partial charge in [0.05, 0.1) is 12.0 Å². The molecule has 0 fully saturated rings. The average Bonchev–Trinajstić information content (AvgIpc) is 2.39. The lowest BCUT2D eigenvalue weighted by atomic mass is 9.84. The minimum absolute atomic E-state index is 0. The highest BCUT2D eigenvalue weighted by molar-refractivity contribution is 5.95. The first-order chi connectivity index (χ1) is 9.28. The topological polar surface area (TPSA) is 107 Å². The number of benzene rings is 1. The molecule has 5 N–H and O–H groups in total. The van der Waals surface area contributed by atoms with Crippen LogP contribution in [0.4, 0.5) is 5.69 Å². The van der Waals surface area contributed by atoms with Gasteiger partial charge in [0.25, 0.3) is 0 Å². The van der Waals surface area contributed by atoms with Crippen molar-refractivity contribution in [2.45, 2.75) is 25.3 Å². The molecule has 0 heterocycles. The van der Waals surface area contributed by atoms with Crippen LogP contribution in [-0.4, -0.2) is 31.6 Å². The predicted molar refractivity (Wildman–Crippen MR) is 84.4 cm³/mol. The zero-order valence-corrected chi connectivity index (χ0v) is 13.2. The van der Waals surface area contributed by atoms with E-state index in [0.717, 1.165) is 5.56 Å². The lowest BCUT2D eigenvalue weighted by Crippen LogP contribution is -2.39. The third kappa shape index (κ3) is 5.00. The van der Waals surface area contributed by atoms with Crippen molar-refractivity contribution in [1.29, 1.82) is 0 Å². The van der Waals surface area contributed by atoms with Crippen molar-refractivity contribution in [3.8, 4) is 0 Å². The molecule has 21 heavy (non-hydrogen) atoms. The second kappa shape index (κ2) is 7.97. The van der Waals surface area contributed by atoms with Gasteiger partial charge >= 0.3 is 0 Å². The first-order valence-corrected chi connectivity index (χ1v) is 6.25. The summed E-state index contributed by atoms with van der Waals surface area (Å²) in [6.45, 7) is 3.65. The second-order valence-corrected chi connectivity index (χ2v) is 5.12. The quantitative estimate of drug-likeness (QED) is 0.721. The summed E-state index contributed by atoms with van der Waals surface area (Å²) in [6.07, 6.45) is 0. The summed E-state index contributed by atoms with van der Waals surface area (Å²) in [6, 6.07) is 6.20. The monoisotopic (exact) mass is 315 g/mol. The van der Waals surface area contributed by atoms with E-state index in [9.17, 15) is 9.59 Å². The van der Waals surface area contributed by atoms with Gasteiger partial charge in [-0.15, -0.1) is 12.4 Å². The number of hydrogen-bond donors (Lipinski definition) is 3. The van der Waals surface area contributed by atoms with E-state index in [-0.39, 0.29) is 24.9 Å². The Balaban J connectivity index is 0.00000400. The molecule has 6 nitrogen and oxygen atoms in total. The van der Waals surface area contributed by atoms with Crippen LogP contribution in [0, 0.1) is 0 Å². The summed E-state index contributed by atoms with van der Waals surface area (Å²) in [5.74, 6) is -0.731. The Hall–Kier alpha value is -1.63. The number of halogens is 1. The molecule has 1 atom stereocenters. The molecule has 0 saturated carbocycles. The normalized spacial score (nSPS) is 12.2. The van der Waals surface area contributed by atoms with E-state index in [0.29, 0.717) is 5.69 Å². The van der Waals surface area contributed by atoms with Crippen LogP contribution in [0.25, 0.3) is 0 Å². The van der Waals surface area contributed by atoms with Gasteiger partial charge in [0.1, 0.15) is 6.04 Å². The lowest BCUT2D eigenvalue weighted by Gasteiger charge is -2.21. The molecular weight excluding hydrogens is 294 g/mol. The highest BCUT2D eigenvalue weighted by Gasteiger charge is 2.27. The number of carbonyl (C=O) groups is 2. The standard InChI is InChI=1S/C14H21N3O3.ClH/c1-14(2,13(16)19)9-4-6-10(7-5-9)17-12(18)11(15)8-20-3;/h4-7,11H,8,15H2,1-3H3,(H2,16,19)(H,17,18);1H. The van der Waals surface area contributed by atoms with Gasteiger partial charge in [-0.05, 0) is 31.5 Å². The van der Waals surface area contributed by atoms with Crippen molar-refractivity contribution < 1.29 is 14.3 Å². The van der Waals surface area contributed by atoms with Crippen LogP contribution < -0.4 is 16.8 Å². The van der Waals surface area contributed by atoms with Crippen LogP contribution in [0.2, 0.25) is 0 Å². The van der Waals surface area contributed by atoms with Crippen molar-refractivity contribution in [3.63, 3.8) is 0 Å². The van der Waals surface area contributed by atoms with Crippen molar-refractivity contribution in [2.75, 3.05) is 19.0 Å². The molecule has 0 aliphatic rings. The minimum atomic E-state index is -0.755. The Morgan fingerprint density at radius 1 is 1.29 bits per heavy atom. The van der Waals surface area contributed by atoms with Crippen LogP contribution in [0.15, 0.2) is 24.3 Å². The first-order valence-electron chi connectivity index (χ1n) is 6.25. The molecule has 1 rings (SSSR count). The van der Waals surface area contributed by atoms with Crippen LogP contribution in [-0.2, 0) is 19.7 Å². The van der Waals surface area contributed by atoms with Gasteiger partial charge in [-0.25, -0.2) is 0 Å². The van der Waals surface area contributed by atoms with Crippen molar-refractivity contribution in [1.82, 2.24) is 0 Å². The highest BCUT2D eigenvalue weighted by Crippen LogP contribution is 2.24. The van der Waals surface area contributed by atoms with Crippen molar-refractivity contribution in [3.05, 3.63) is 29.8 Å². The summed E-state index contributed by atoms with van der Waals surface area (Å²) in [5.41, 5.74) is 11.6. The third-order valence-electron chi connectivity index (χ3n) is 3.17. The summed E-state index contributed by atoms with van der Waals surface area (Å²) < 4.78 is 4.82. The number of rotatable bonds is 6. The number of nitrogens with two attached hydrogens (primary N) is 2. The maximum atomic E-state index is 11.7. The molecular formula is C14H22ClN3O3. The van der Waals surface area contributed by atoms with Gasteiger partial charge in [-0.3, -0.25) is 9.59 Å². The van der Waals surface area contributed by atoms with Gasteiger partial charge in [0.2, 0.25) is 11.8 Å². The van der Waals surface area contributed by atoms with E-state index >= 15 is 0 Å². The number of carbonyl (C=O) groups excluding carboxylic acids is 2. The molecule has 0 bridgehead atoms. The average molecular weight is 316 g/mol. The van der Waals surface area contributed by atoms with E-state index in [1.54, 1.807) is 38.1 Å². The Morgan fingerprint density at radius 2 is 1.81 bits per heavy atom. The molecule has 2 amide bonds. The molecule has 1 aromatic carbocycles. The molecule has 0 saturated heterocycles. The van der Waals surface area contributed by atoms with E-state index in [2.05, 4.69) is 5.32 Å². The first kappa shape index (κ1) is 19.4. The molecule has 1 aromatic rings. The number of methoxy groups -OCH3 is 1. The Kier molecular flexibility index (Phi) is 7.35. The maximum Gasteiger partial charge on any atom is 0.243 e. The predicted octanol–water partition coefficient (Wildman–Crippen LogP) is 0.783. The molecule has 0 aliphatic heterocycles. The number of anilines is 1. The van der Waals surface area contributed by atoms with Crippen LogP contribution in [0.3, 0.4) is 0 Å². The third-order valence-corrected chi connectivity index (χ3v) is 3.17. The summed E-state index contributed by atoms with van der Waals surface area (Å²) in [4.78, 5) is 23.1. The fraction of sp³-hybridized carbons (Fsp3) is 0.429. The van der Waals surface area contributed by atoms with Crippen LogP contribution in [0.5, 0.6) is 0 Å². The summed E-state index contributed by atoms with van der Waals surface area (Å²) in [5, 5.41) is 2.67. The highest BCUT2D eigenvalue weighted by atomic mass is 35.5. The van der Waals surface area contributed by atoms with Gasteiger partial charge in [-0.2, -0.15) is 0 Å². The number of primary amides is 1. The zero-order chi connectivity index (χ0) is 15.3. The van der Waals surface area contributed by atoms with Gasteiger partial charge < -0.3 is 21.5 Å². The Morgan fingerprint density at radius 3 is 2.24 bits per heavy atom. The smallest absolute Gasteiger partial charge is 0.243 e. The largest absolute Gasteiger partial charge is 0.383 e. The second-order valence-electron chi connectivity index (χ2n) is 5.12. The van der Waals surface area contributed by atoms with Crippen molar-refractivity contribution >= 4 is 29.9 Å². The molecule has 1 unspecified atom stereocenters. The van der Waals surface area contributed by atoms with E-state index in [4.69, 9.17) is 16.2 Å². The SMILES string of the molecule is COCC(N)C(=O)Nc1ccc(C(C)(C)C(N)=O)cc1.Cl. The molecule has 0 spiro atoms. The zero-order valence-electron chi connectivity index (χ0n) is 12.4. The fourth-order valence-electron chi connectivity index (χ4n) is 1.60. The summed E-state index contributed by atoms with van der Waals surface area (Å²) >= 11 is 0. The molecule has 118 valence electrons. The number of nitrogens with one attached hydrogen (secondary N) is 1. The Labute approximate surface area is 130 Å².